The van der Waals surface area contributed by atoms with Crippen molar-refractivity contribution < 1.29 is 14.4 Å². The van der Waals surface area contributed by atoms with Gasteiger partial charge in [-0.3, -0.25) is 19.3 Å². The van der Waals surface area contributed by atoms with E-state index in [1.807, 2.05) is 12.2 Å². The Morgan fingerprint density at radius 1 is 1.17 bits per heavy atom. The number of carbonyl (C=O) groups excluding carboxylic acids is 3. The maximum absolute atomic E-state index is 12.4. The predicted octanol–water partition coefficient (Wildman–Crippen LogP) is 1.28. The van der Waals surface area contributed by atoms with Crippen molar-refractivity contribution in [1.82, 2.24) is 10.2 Å². The zero-order chi connectivity index (χ0) is 16.4. The van der Waals surface area contributed by atoms with Crippen LogP contribution >= 0.6 is 0 Å². The molecule has 2 aliphatic carbocycles. The van der Waals surface area contributed by atoms with Crippen molar-refractivity contribution in [2.24, 2.45) is 11.8 Å². The molecule has 2 atom stereocenters. The van der Waals surface area contributed by atoms with Gasteiger partial charge in [0.2, 0.25) is 17.7 Å². The highest BCUT2D eigenvalue weighted by atomic mass is 16.2. The number of imide groups is 1. The molecule has 1 N–H and O–H groups in total. The van der Waals surface area contributed by atoms with E-state index in [4.69, 9.17) is 0 Å². The van der Waals surface area contributed by atoms with Crippen LogP contribution < -0.4 is 5.32 Å². The number of hydrogen-bond acceptors (Lipinski definition) is 4. The Bertz CT molecular complexity index is 573. The molecule has 1 saturated carbocycles. The summed E-state index contributed by atoms with van der Waals surface area (Å²) in [5, 5.41) is 12.2. The largest absolute Gasteiger partial charge is 0.336 e. The monoisotopic (exact) mass is 315 g/mol. The molecule has 6 nitrogen and oxygen atoms in total. The zero-order valence-electron chi connectivity index (χ0n) is 13.1. The number of hydrogen-bond donors (Lipinski definition) is 1. The number of amides is 3. The van der Waals surface area contributed by atoms with Crippen LogP contribution in [0, 0.1) is 23.2 Å². The molecule has 1 saturated heterocycles. The molecule has 2 fully saturated rings. The molecular formula is C17H21N3O3. The van der Waals surface area contributed by atoms with E-state index in [2.05, 4.69) is 11.4 Å². The first-order chi connectivity index (χ1) is 11.1. The maximum atomic E-state index is 12.4. The van der Waals surface area contributed by atoms with E-state index < -0.39 is 11.4 Å². The number of nitrogens with one attached hydrogen (secondary N) is 1. The number of allylic oxidation sites excluding steroid dienone is 2. The molecule has 122 valence electrons. The Kier molecular flexibility index (Phi) is 4.20. The topological polar surface area (TPSA) is 90.3 Å². The van der Waals surface area contributed by atoms with Gasteiger partial charge in [0.05, 0.1) is 17.9 Å². The van der Waals surface area contributed by atoms with E-state index in [1.54, 1.807) is 0 Å². The van der Waals surface area contributed by atoms with Gasteiger partial charge in [-0.1, -0.05) is 31.4 Å². The molecule has 0 radical (unpaired) electrons. The molecule has 23 heavy (non-hydrogen) atoms. The number of rotatable bonds is 3. The third kappa shape index (κ3) is 2.88. The van der Waals surface area contributed by atoms with Crippen LogP contribution in [-0.2, 0) is 14.4 Å². The highest BCUT2D eigenvalue weighted by Gasteiger charge is 2.48. The van der Waals surface area contributed by atoms with Crippen molar-refractivity contribution in [2.45, 2.75) is 50.5 Å². The number of carbonyl (C=O) groups is 3. The van der Waals surface area contributed by atoms with E-state index in [9.17, 15) is 19.6 Å². The second-order valence-electron chi connectivity index (χ2n) is 6.72. The number of nitriles is 1. The number of fused-ring (bicyclic) bond motifs is 1. The summed E-state index contributed by atoms with van der Waals surface area (Å²) in [4.78, 5) is 38.1. The number of nitrogens with zero attached hydrogens (tertiary/aromatic N) is 2. The lowest BCUT2D eigenvalue weighted by atomic mass is 9.83. The molecule has 3 amide bonds. The van der Waals surface area contributed by atoms with Gasteiger partial charge >= 0.3 is 0 Å². The fourth-order valence-corrected chi connectivity index (χ4v) is 3.89. The fraction of sp³-hybridized carbons (Fsp3) is 0.647. The summed E-state index contributed by atoms with van der Waals surface area (Å²) in [6, 6.07) is 2.22. The molecular weight excluding hydrogens is 294 g/mol. The minimum Gasteiger partial charge on any atom is -0.336 e. The van der Waals surface area contributed by atoms with Crippen LogP contribution in [0.2, 0.25) is 0 Å². The van der Waals surface area contributed by atoms with E-state index in [-0.39, 0.29) is 30.2 Å². The van der Waals surface area contributed by atoms with Crippen LogP contribution in [0.15, 0.2) is 12.2 Å². The van der Waals surface area contributed by atoms with E-state index in [1.165, 1.54) is 0 Å². The van der Waals surface area contributed by atoms with Crippen molar-refractivity contribution in [2.75, 3.05) is 6.54 Å². The summed E-state index contributed by atoms with van der Waals surface area (Å²) in [5.74, 6) is -1.56. The third-order valence-electron chi connectivity index (χ3n) is 5.20. The van der Waals surface area contributed by atoms with Gasteiger partial charge in [0.15, 0.2) is 0 Å². The van der Waals surface area contributed by atoms with Crippen LogP contribution in [0.4, 0.5) is 0 Å². The van der Waals surface area contributed by atoms with Crippen molar-refractivity contribution in [3.63, 3.8) is 0 Å². The molecule has 1 heterocycles. The molecule has 0 aromatic rings. The summed E-state index contributed by atoms with van der Waals surface area (Å²) < 4.78 is 0. The Hall–Kier alpha value is -2.16. The molecule has 0 aromatic carbocycles. The molecule has 1 aliphatic heterocycles. The lowest BCUT2D eigenvalue weighted by Crippen LogP contribution is -2.52. The molecule has 0 bridgehead atoms. The van der Waals surface area contributed by atoms with Gasteiger partial charge in [0.25, 0.3) is 0 Å². The van der Waals surface area contributed by atoms with Crippen LogP contribution in [0.1, 0.15) is 44.9 Å². The lowest BCUT2D eigenvalue weighted by Gasteiger charge is -2.32. The van der Waals surface area contributed by atoms with Crippen molar-refractivity contribution >= 4 is 17.7 Å². The molecule has 0 unspecified atom stereocenters. The van der Waals surface area contributed by atoms with Gasteiger partial charge < -0.3 is 5.32 Å². The summed E-state index contributed by atoms with van der Waals surface area (Å²) in [5.41, 5.74) is -0.838. The van der Waals surface area contributed by atoms with Crippen molar-refractivity contribution in [3.05, 3.63) is 12.2 Å². The summed E-state index contributed by atoms with van der Waals surface area (Å²) in [6.45, 7) is -0.270. The first-order valence-electron chi connectivity index (χ1n) is 8.29. The lowest BCUT2D eigenvalue weighted by molar-refractivity contribution is -0.144. The summed E-state index contributed by atoms with van der Waals surface area (Å²) in [6.07, 6.45) is 9.12. The van der Waals surface area contributed by atoms with Crippen LogP contribution in [0.3, 0.4) is 0 Å². The van der Waals surface area contributed by atoms with Gasteiger partial charge in [0.1, 0.15) is 12.1 Å². The van der Waals surface area contributed by atoms with Gasteiger partial charge in [0, 0.05) is 0 Å². The Balaban J connectivity index is 1.65. The molecule has 3 aliphatic rings. The van der Waals surface area contributed by atoms with E-state index in [0.29, 0.717) is 25.7 Å². The second kappa shape index (κ2) is 6.15. The van der Waals surface area contributed by atoms with Gasteiger partial charge in [-0.25, -0.2) is 0 Å². The Labute approximate surface area is 135 Å². The first kappa shape index (κ1) is 15.7. The normalized spacial score (nSPS) is 29.1. The minimum atomic E-state index is -0.838. The molecule has 3 rings (SSSR count). The Morgan fingerprint density at radius 2 is 1.74 bits per heavy atom. The highest BCUT2D eigenvalue weighted by Crippen LogP contribution is 2.35. The quantitative estimate of drug-likeness (QED) is 0.627. The van der Waals surface area contributed by atoms with Crippen LogP contribution in [0.25, 0.3) is 0 Å². The second-order valence-corrected chi connectivity index (χ2v) is 6.72. The van der Waals surface area contributed by atoms with Crippen molar-refractivity contribution in [1.29, 1.82) is 5.26 Å². The highest BCUT2D eigenvalue weighted by molar-refractivity contribution is 6.07. The summed E-state index contributed by atoms with van der Waals surface area (Å²) in [7, 11) is 0. The van der Waals surface area contributed by atoms with Gasteiger partial charge in [-0.15, -0.1) is 0 Å². The minimum absolute atomic E-state index is 0.255. The average molecular weight is 315 g/mol. The standard InChI is InChI=1S/C17H21N3O3/c18-11-17(8-4-1-5-9-17)19-14(21)10-20-15(22)12-6-2-3-7-13(12)16(20)23/h2-3,12-13H,1,4-10H2,(H,19,21)/t12-,13-/m1/s1. The SMILES string of the molecule is N#CC1(NC(=O)CN2C(=O)[C@@H]3CC=CC[C@H]3C2=O)CCCCC1. The predicted molar refractivity (Wildman–Crippen MR) is 81.6 cm³/mol. The van der Waals surface area contributed by atoms with E-state index in [0.717, 1.165) is 24.2 Å². The maximum Gasteiger partial charge on any atom is 0.241 e. The van der Waals surface area contributed by atoms with Gasteiger partial charge in [-0.2, -0.15) is 5.26 Å². The molecule has 0 spiro atoms. The molecule has 0 aromatic heterocycles. The first-order valence-corrected chi connectivity index (χ1v) is 8.29. The van der Waals surface area contributed by atoms with Crippen molar-refractivity contribution in [3.8, 4) is 6.07 Å². The fourth-order valence-electron chi connectivity index (χ4n) is 3.89. The number of likely N-dealkylation sites (tertiary alicyclic amines) is 1. The Morgan fingerprint density at radius 3 is 2.26 bits per heavy atom. The molecule has 6 heteroatoms. The summed E-state index contributed by atoms with van der Waals surface area (Å²) >= 11 is 0. The average Bonchev–Trinajstić information content (AvgIpc) is 2.81. The zero-order valence-corrected chi connectivity index (χ0v) is 13.1. The van der Waals surface area contributed by atoms with E-state index >= 15 is 0 Å². The smallest absolute Gasteiger partial charge is 0.241 e. The third-order valence-corrected chi connectivity index (χ3v) is 5.20. The van der Waals surface area contributed by atoms with Crippen LogP contribution in [0.5, 0.6) is 0 Å². The van der Waals surface area contributed by atoms with Crippen LogP contribution in [-0.4, -0.2) is 34.7 Å². The van der Waals surface area contributed by atoms with Gasteiger partial charge in [-0.05, 0) is 25.7 Å².